The molecule has 0 rings (SSSR count). The molecule has 0 aromatic rings. The second-order valence-corrected chi connectivity index (χ2v) is 6.01. The molecule has 0 aromatic carbocycles. The number of rotatable bonds is 20. The highest BCUT2D eigenvalue weighted by molar-refractivity contribution is 7.80. The van der Waals surface area contributed by atoms with E-state index in [4.69, 9.17) is 24.1 Å². The number of hydrogen-bond acceptors (Lipinski definition) is 7. The summed E-state index contributed by atoms with van der Waals surface area (Å²) >= 11 is 4.04. The Morgan fingerprint density at radius 2 is 1.19 bits per heavy atom. The zero-order valence-electron chi connectivity index (χ0n) is 16.0. The average molecular weight is 411 g/mol. The van der Waals surface area contributed by atoms with Crippen molar-refractivity contribution in [3.05, 3.63) is 0 Å². The Morgan fingerprint density at radius 3 is 1.70 bits per heavy atom. The van der Waals surface area contributed by atoms with Crippen molar-refractivity contribution in [1.82, 2.24) is 10.6 Å². The molecule has 0 atom stereocenters. The van der Waals surface area contributed by atoms with Gasteiger partial charge in [-0.05, 0) is 19.3 Å². The summed E-state index contributed by atoms with van der Waals surface area (Å²) in [4.78, 5) is 21.8. The smallest absolute Gasteiger partial charge is 0.404 e. The molecule has 0 spiro atoms. The summed E-state index contributed by atoms with van der Waals surface area (Å²) in [5, 5.41) is 13.5. The van der Waals surface area contributed by atoms with E-state index in [0.717, 1.165) is 19.3 Å². The van der Waals surface area contributed by atoms with Crippen LogP contribution in [0.25, 0.3) is 0 Å². The third kappa shape index (κ3) is 22.9. The standard InChI is InChI=1S/C17H34N2O7S/c20-16(18-5-2-1-3-6-19-17(21)22)4-7-23-8-9-24-10-11-25-12-13-26-14-15-27/h19,27H,1-15H2,(H,18,20)(H,21,22). The van der Waals surface area contributed by atoms with Gasteiger partial charge in [0.25, 0.3) is 0 Å². The van der Waals surface area contributed by atoms with Crippen LogP contribution in [0.1, 0.15) is 25.7 Å². The van der Waals surface area contributed by atoms with Crippen molar-refractivity contribution in [2.75, 3.05) is 71.7 Å². The molecule has 3 N–H and O–H groups in total. The number of thiol groups is 1. The van der Waals surface area contributed by atoms with Gasteiger partial charge in [-0.2, -0.15) is 12.6 Å². The van der Waals surface area contributed by atoms with E-state index in [9.17, 15) is 9.59 Å². The van der Waals surface area contributed by atoms with Crippen LogP contribution in [0.5, 0.6) is 0 Å². The molecule has 160 valence electrons. The van der Waals surface area contributed by atoms with Gasteiger partial charge in [-0.25, -0.2) is 4.79 Å². The van der Waals surface area contributed by atoms with Crippen LogP contribution in [0, 0.1) is 0 Å². The first-order valence-electron chi connectivity index (χ1n) is 9.32. The highest BCUT2D eigenvalue weighted by Crippen LogP contribution is 1.93. The molecule has 27 heavy (non-hydrogen) atoms. The van der Waals surface area contributed by atoms with Crippen LogP contribution >= 0.6 is 12.6 Å². The Balaban J connectivity index is 3.15. The van der Waals surface area contributed by atoms with Gasteiger partial charge in [0.1, 0.15) is 0 Å². The van der Waals surface area contributed by atoms with Crippen LogP contribution in [0.2, 0.25) is 0 Å². The van der Waals surface area contributed by atoms with Gasteiger partial charge < -0.3 is 34.7 Å². The number of carbonyl (C=O) groups is 2. The Bertz CT molecular complexity index is 362. The summed E-state index contributed by atoms with van der Waals surface area (Å²) < 4.78 is 21.2. The first-order valence-corrected chi connectivity index (χ1v) is 9.95. The largest absolute Gasteiger partial charge is 0.465 e. The summed E-state index contributed by atoms with van der Waals surface area (Å²) in [6.45, 7) is 5.04. The fraction of sp³-hybridized carbons (Fsp3) is 0.882. The van der Waals surface area contributed by atoms with E-state index in [2.05, 4.69) is 23.3 Å². The number of carbonyl (C=O) groups excluding carboxylic acids is 1. The molecule has 0 fully saturated rings. The zero-order chi connectivity index (χ0) is 20.0. The first kappa shape index (κ1) is 25.9. The third-order valence-electron chi connectivity index (χ3n) is 3.28. The maximum absolute atomic E-state index is 11.6. The minimum atomic E-state index is -1.01. The molecule has 0 bridgehead atoms. The van der Waals surface area contributed by atoms with Gasteiger partial charge >= 0.3 is 6.09 Å². The molecule has 0 aliphatic heterocycles. The van der Waals surface area contributed by atoms with Gasteiger partial charge in [0.15, 0.2) is 0 Å². The van der Waals surface area contributed by atoms with E-state index in [1.807, 2.05) is 0 Å². The topological polar surface area (TPSA) is 115 Å². The van der Waals surface area contributed by atoms with E-state index in [1.54, 1.807) is 0 Å². The van der Waals surface area contributed by atoms with Crippen molar-refractivity contribution in [1.29, 1.82) is 0 Å². The van der Waals surface area contributed by atoms with E-state index in [-0.39, 0.29) is 5.91 Å². The molecule has 0 heterocycles. The lowest BCUT2D eigenvalue weighted by Crippen LogP contribution is -2.26. The molecule has 0 saturated carbocycles. The van der Waals surface area contributed by atoms with Crippen LogP contribution in [0.4, 0.5) is 4.79 Å². The SMILES string of the molecule is O=C(O)NCCCCCNC(=O)CCOCCOCCOCCOCCS. The fourth-order valence-electron chi connectivity index (χ4n) is 1.93. The average Bonchev–Trinajstić information content (AvgIpc) is 2.64. The van der Waals surface area contributed by atoms with Gasteiger partial charge in [0.05, 0.1) is 52.9 Å². The maximum Gasteiger partial charge on any atom is 0.404 e. The molecule has 9 nitrogen and oxygen atoms in total. The highest BCUT2D eigenvalue weighted by Gasteiger charge is 2.01. The highest BCUT2D eigenvalue weighted by atomic mass is 32.1. The van der Waals surface area contributed by atoms with Crippen LogP contribution in [0.3, 0.4) is 0 Å². The summed E-state index contributed by atoms with van der Waals surface area (Å²) in [6, 6.07) is 0. The Hall–Kier alpha value is -1.07. The van der Waals surface area contributed by atoms with Gasteiger partial charge in [-0.15, -0.1) is 0 Å². The van der Waals surface area contributed by atoms with Gasteiger partial charge in [0, 0.05) is 25.3 Å². The molecular formula is C17H34N2O7S. The lowest BCUT2D eigenvalue weighted by Gasteiger charge is -2.08. The van der Waals surface area contributed by atoms with Crippen molar-refractivity contribution < 1.29 is 33.6 Å². The summed E-state index contributed by atoms with van der Waals surface area (Å²) in [5.41, 5.74) is 0. The zero-order valence-corrected chi connectivity index (χ0v) is 16.8. The molecular weight excluding hydrogens is 376 g/mol. The van der Waals surface area contributed by atoms with E-state index < -0.39 is 6.09 Å². The fourth-order valence-corrected chi connectivity index (χ4v) is 2.06. The number of nitrogens with one attached hydrogen (secondary N) is 2. The lowest BCUT2D eigenvalue weighted by molar-refractivity contribution is -0.122. The summed E-state index contributed by atoms with van der Waals surface area (Å²) in [6.07, 6.45) is 1.76. The molecule has 2 amide bonds. The number of ether oxygens (including phenoxy) is 4. The van der Waals surface area contributed by atoms with Crippen LogP contribution in [-0.4, -0.2) is 88.8 Å². The predicted octanol–water partition coefficient (Wildman–Crippen LogP) is 0.927. The Morgan fingerprint density at radius 1 is 0.704 bits per heavy atom. The molecule has 0 aliphatic rings. The molecule has 10 heteroatoms. The summed E-state index contributed by atoms with van der Waals surface area (Å²) in [5.74, 6) is 0.659. The number of carboxylic acid groups (broad SMARTS) is 1. The van der Waals surface area contributed by atoms with Gasteiger partial charge in [0.2, 0.25) is 5.91 Å². The normalized spacial score (nSPS) is 10.7. The summed E-state index contributed by atoms with van der Waals surface area (Å²) in [7, 11) is 0. The number of hydrogen-bond donors (Lipinski definition) is 4. The quantitative estimate of drug-likeness (QED) is 0.174. The van der Waals surface area contributed by atoms with Gasteiger partial charge in [-0.3, -0.25) is 4.79 Å². The van der Waals surface area contributed by atoms with Crippen molar-refractivity contribution >= 4 is 24.6 Å². The van der Waals surface area contributed by atoms with Crippen molar-refractivity contribution in [3.8, 4) is 0 Å². The second kappa shape index (κ2) is 21.2. The molecule has 0 unspecified atom stereocenters. The van der Waals surface area contributed by atoms with E-state index in [0.29, 0.717) is 78.1 Å². The van der Waals surface area contributed by atoms with Crippen LogP contribution in [0.15, 0.2) is 0 Å². The second-order valence-electron chi connectivity index (χ2n) is 5.57. The molecule has 0 aromatic heterocycles. The lowest BCUT2D eigenvalue weighted by atomic mass is 10.2. The Kier molecular flexibility index (Phi) is 20.4. The van der Waals surface area contributed by atoms with Crippen molar-refractivity contribution in [3.63, 3.8) is 0 Å². The molecule has 0 saturated heterocycles. The number of amides is 2. The predicted molar refractivity (Wildman–Crippen MR) is 105 cm³/mol. The minimum absolute atomic E-state index is 0.0480. The minimum Gasteiger partial charge on any atom is -0.465 e. The first-order chi connectivity index (χ1) is 13.2. The van der Waals surface area contributed by atoms with Crippen molar-refractivity contribution in [2.24, 2.45) is 0 Å². The monoisotopic (exact) mass is 410 g/mol. The molecule has 0 radical (unpaired) electrons. The Labute approximate surface area is 166 Å². The van der Waals surface area contributed by atoms with Gasteiger partial charge in [-0.1, -0.05) is 0 Å². The number of unbranched alkanes of at least 4 members (excludes halogenated alkanes) is 2. The maximum atomic E-state index is 11.6. The third-order valence-corrected chi connectivity index (χ3v) is 3.46. The van der Waals surface area contributed by atoms with E-state index >= 15 is 0 Å². The van der Waals surface area contributed by atoms with E-state index in [1.165, 1.54) is 0 Å². The van der Waals surface area contributed by atoms with Crippen LogP contribution < -0.4 is 10.6 Å². The van der Waals surface area contributed by atoms with Crippen molar-refractivity contribution in [2.45, 2.75) is 25.7 Å². The van der Waals surface area contributed by atoms with Crippen LogP contribution in [-0.2, 0) is 23.7 Å². The molecule has 0 aliphatic carbocycles.